The quantitative estimate of drug-likeness (QED) is 0.812. The van der Waals surface area contributed by atoms with Gasteiger partial charge < -0.3 is 5.73 Å². The lowest BCUT2D eigenvalue weighted by Gasteiger charge is -2.23. The Morgan fingerprint density at radius 3 is 3.14 bits per heavy atom. The second kappa shape index (κ2) is 4.38. The van der Waals surface area contributed by atoms with Gasteiger partial charge in [0.1, 0.15) is 0 Å². The number of likely N-dealkylation sites (N-methyl/N-ethyl adjacent to an activating group) is 1. The standard InChI is InChI=1S/C10H17N3S/c1-2-13-6-4-8-9(7-13)14-10(12-8)3-5-11/h2-7,11H2,1H3. The number of nitrogens with zero attached hydrogens (tertiary/aromatic N) is 2. The maximum absolute atomic E-state index is 5.53. The molecule has 1 aliphatic heterocycles. The van der Waals surface area contributed by atoms with Crippen molar-refractivity contribution in [3.8, 4) is 0 Å². The van der Waals surface area contributed by atoms with Crippen LogP contribution in [0.15, 0.2) is 0 Å². The van der Waals surface area contributed by atoms with E-state index in [9.17, 15) is 0 Å². The highest BCUT2D eigenvalue weighted by atomic mass is 32.1. The highest BCUT2D eigenvalue weighted by Crippen LogP contribution is 2.24. The number of nitrogens with two attached hydrogens (primary N) is 1. The molecular weight excluding hydrogens is 194 g/mol. The summed E-state index contributed by atoms with van der Waals surface area (Å²) in [6, 6.07) is 0. The molecule has 0 bridgehead atoms. The van der Waals surface area contributed by atoms with Crippen molar-refractivity contribution in [2.45, 2.75) is 26.3 Å². The zero-order valence-electron chi connectivity index (χ0n) is 8.62. The lowest BCUT2D eigenvalue weighted by molar-refractivity contribution is 0.269. The monoisotopic (exact) mass is 211 g/mol. The molecule has 0 saturated heterocycles. The summed E-state index contributed by atoms with van der Waals surface area (Å²) in [5.74, 6) is 0. The van der Waals surface area contributed by atoms with E-state index in [0.29, 0.717) is 6.54 Å². The first-order chi connectivity index (χ1) is 6.83. The van der Waals surface area contributed by atoms with Gasteiger partial charge in [0.15, 0.2) is 0 Å². The minimum atomic E-state index is 0.712. The second-order valence-electron chi connectivity index (χ2n) is 3.63. The third kappa shape index (κ3) is 1.97. The van der Waals surface area contributed by atoms with E-state index in [4.69, 9.17) is 5.73 Å². The van der Waals surface area contributed by atoms with Crippen molar-refractivity contribution in [1.82, 2.24) is 9.88 Å². The number of fused-ring (bicyclic) bond motifs is 1. The largest absolute Gasteiger partial charge is 0.330 e. The summed E-state index contributed by atoms with van der Waals surface area (Å²) in [5.41, 5.74) is 6.85. The lowest BCUT2D eigenvalue weighted by atomic mass is 10.2. The van der Waals surface area contributed by atoms with Gasteiger partial charge in [-0.05, 0) is 13.1 Å². The third-order valence-corrected chi connectivity index (χ3v) is 3.80. The van der Waals surface area contributed by atoms with Gasteiger partial charge in [-0.2, -0.15) is 0 Å². The van der Waals surface area contributed by atoms with Crippen LogP contribution in [0, 0.1) is 0 Å². The Hall–Kier alpha value is -0.450. The van der Waals surface area contributed by atoms with Crippen LogP contribution in [0.4, 0.5) is 0 Å². The van der Waals surface area contributed by atoms with E-state index in [-0.39, 0.29) is 0 Å². The van der Waals surface area contributed by atoms with Crippen molar-refractivity contribution in [2.24, 2.45) is 5.73 Å². The third-order valence-electron chi connectivity index (χ3n) is 2.66. The van der Waals surface area contributed by atoms with Crippen molar-refractivity contribution in [3.63, 3.8) is 0 Å². The fourth-order valence-electron chi connectivity index (χ4n) is 1.80. The minimum absolute atomic E-state index is 0.712. The van der Waals surface area contributed by atoms with Gasteiger partial charge in [0, 0.05) is 30.8 Å². The Morgan fingerprint density at radius 1 is 1.57 bits per heavy atom. The van der Waals surface area contributed by atoms with E-state index in [1.165, 1.54) is 15.6 Å². The van der Waals surface area contributed by atoms with Crippen molar-refractivity contribution >= 4 is 11.3 Å². The Labute approximate surface area is 88.9 Å². The molecule has 78 valence electrons. The van der Waals surface area contributed by atoms with Crippen molar-refractivity contribution in [2.75, 3.05) is 19.6 Å². The van der Waals surface area contributed by atoms with Gasteiger partial charge in [-0.3, -0.25) is 4.90 Å². The maximum Gasteiger partial charge on any atom is 0.0944 e. The first kappa shape index (κ1) is 10.1. The van der Waals surface area contributed by atoms with Crippen molar-refractivity contribution in [1.29, 1.82) is 0 Å². The number of hydrogen-bond donors (Lipinski definition) is 1. The summed E-state index contributed by atoms with van der Waals surface area (Å²) < 4.78 is 0. The molecule has 1 aromatic rings. The van der Waals surface area contributed by atoms with E-state index in [1.807, 2.05) is 11.3 Å². The molecule has 2 rings (SSSR count). The van der Waals surface area contributed by atoms with E-state index in [0.717, 1.165) is 32.5 Å². The predicted molar refractivity (Wildman–Crippen MR) is 59.5 cm³/mol. The predicted octanol–water partition coefficient (Wildman–Crippen LogP) is 1.02. The molecule has 0 unspecified atom stereocenters. The molecule has 0 saturated carbocycles. The van der Waals surface area contributed by atoms with Crippen LogP contribution >= 0.6 is 11.3 Å². The fraction of sp³-hybridized carbons (Fsp3) is 0.700. The Balaban J connectivity index is 2.12. The average Bonchev–Trinajstić information content (AvgIpc) is 2.59. The highest BCUT2D eigenvalue weighted by molar-refractivity contribution is 7.11. The Kier molecular flexibility index (Phi) is 3.15. The number of rotatable bonds is 3. The second-order valence-corrected chi connectivity index (χ2v) is 4.80. The van der Waals surface area contributed by atoms with Crippen molar-refractivity contribution in [3.05, 3.63) is 15.6 Å². The van der Waals surface area contributed by atoms with E-state index >= 15 is 0 Å². The van der Waals surface area contributed by atoms with Gasteiger partial charge in [-0.1, -0.05) is 6.92 Å². The molecule has 0 spiro atoms. The van der Waals surface area contributed by atoms with Crippen LogP contribution < -0.4 is 5.73 Å². The molecule has 1 aliphatic rings. The normalized spacial score (nSPS) is 17.0. The molecule has 0 amide bonds. The molecule has 1 aromatic heterocycles. The van der Waals surface area contributed by atoms with Gasteiger partial charge in [0.2, 0.25) is 0 Å². The molecule has 0 radical (unpaired) electrons. The number of thiazole rings is 1. The summed E-state index contributed by atoms with van der Waals surface area (Å²) in [7, 11) is 0. The minimum Gasteiger partial charge on any atom is -0.330 e. The van der Waals surface area contributed by atoms with Crippen molar-refractivity contribution < 1.29 is 0 Å². The summed E-state index contributed by atoms with van der Waals surface area (Å²) in [5, 5.41) is 1.22. The topological polar surface area (TPSA) is 42.2 Å². The van der Waals surface area contributed by atoms with Crippen LogP contribution in [0.5, 0.6) is 0 Å². The van der Waals surface area contributed by atoms with Crippen LogP contribution in [0.25, 0.3) is 0 Å². The van der Waals surface area contributed by atoms with Crippen LogP contribution in [0.2, 0.25) is 0 Å². The van der Waals surface area contributed by atoms with Gasteiger partial charge in [-0.15, -0.1) is 11.3 Å². The van der Waals surface area contributed by atoms with Crippen LogP contribution in [-0.2, 0) is 19.4 Å². The highest BCUT2D eigenvalue weighted by Gasteiger charge is 2.18. The van der Waals surface area contributed by atoms with Crippen LogP contribution in [0.1, 0.15) is 22.5 Å². The molecular formula is C10H17N3S. The molecule has 3 nitrogen and oxygen atoms in total. The Morgan fingerprint density at radius 2 is 2.43 bits per heavy atom. The zero-order valence-corrected chi connectivity index (χ0v) is 9.44. The summed E-state index contributed by atoms with van der Waals surface area (Å²) in [4.78, 5) is 8.55. The molecule has 0 atom stereocenters. The molecule has 0 fully saturated rings. The summed E-state index contributed by atoms with van der Waals surface area (Å²) >= 11 is 1.85. The average molecular weight is 211 g/mol. The van der Waals surface area contributed by atoms with Gasteiger partial charge in [0.05, 0.1) is 10.7 Å². The van der Waals surface area contributed by atoms with Gasteiger partial charge >= 0.3 is 0 Å². The summed E-state index contributed by atoms with van der Waals surface area (Å²) in [6.45, 7) is 6.32. The van der Waals surface area contributed by atoms with E-state index in [1.54, 1.807) is 0 Å². The van der Waals surface area contributed by atoms with Gasteiger partial charge in [-0.25, -0.2) is 4.98 Å². The Bertz CT molecular complexity index is 308. The molecule has 4 heteroatoms. The van der Waals surface area contributed by atoms with E-state index < -0.39 is 0 Å². The number of aromatic nitrogens is 1. The lowest BCUT2D eigenvalue weighted by Crippen LogP contribution is -2.29. The maximum atomic E-state index is 5.53. The summed E-state index contributed by atoms with van der Waals surface area (Å²) in [6.07, 6.45) is 2.05. The van der Waals surface area contributed by atoms with Gasteiger partial charge in [0.25, 0.3) is 0 Å². The number of hydrogen-bond acceptors (Lipinski definition) is 4. The van der Waals surface area contributed by atoms with E-state index in [2.05, 4.69) is 16.8 Å². The zero-order chi connectivity index (χ0) is 9.97. The van der Waals surface area contributed by atoms with Crippen LogP contribution in [0.3, 0.4) is 0 Å². The fourth-order valence-corrected chi connectivity index (χ4v) is 2.97. The molecule has 2 N–H and O–H groups in total. The first-order valence-electron chi connectivity index (χ1n) is 5.23. The molecule has 0 aliphatic carbocycles. The van der Waals surface area contributed by atoms with Crippen LogP contribution in [-0.4, -0.2) is 29.5 Å². The SMILES string of the molecule is CCN1CCc2nc(CCN)sc2C1. The first-order valence-corrected chi connectivity index (χ1v) is 6.05. The smallest absolute Gasteiger partial charge is 0.0944 e. The molecule has 2 heterocycles. The molecule has 14 heavy (non-hydrogen) atoms. The molecule has 0 aromatic carbocycles.